The van der Waals surface area contributed by atoms with Crippen LogP contribution >= 0.6 is 0 Å². The van der Waals surface area contributed by atoms with E-state index in [0.29, 0.717) is 0 Å². The number of ether oxygens (including phenoxy) is 1. The predicted octanol–water partition coefficient (Wildman–Crippen LogP) is -0.510. The van der Waals surface area contributed by atoms with E-state index in [1.54, 1.807) is 0 Å². The summed E-state index contributed by atoms with van der Waals surface area (Å²) in [6.45, 7) is -0.813. The number of aliphatic hydroxyl groups excluding tert-OH is 1. The Labute approximate surface area is 46.1 Å². The Hall–Kier alpha value is -0.640. The van der Waals surface area contributed by atoms with Crippen molar-refractivity contribution in [3.63, 3.8) is 0 Å². The van der Waals surface area contributed by atoms with Gasteiger partial charge < -0.3 is 9.84 Å². The predicted molar refractivity (Wildman–Crippen MR) is 24.0 cm³/mol. The lowest BCUT2D eigenvalue weighted by Crippen LogP contribution is -2.20. The Morgan fingerprint density at radius 2 is 2.50 bits per heavy atom. The zero-order valence-electron chi connectivity index (χ0n) is 4.43. The SMILES string of the molecule is COC(=O)[C@@H](F)CO. The van der Waals surface area contributed by atoms with Crippen molar-refractivity contribution in [2.24, 2.45) is 0 Å². The highest BCUT2D eigenvalue weighted by Gasteiger charge is 2.14. The number of carbonyl (C=O) groups is 1. The van der Waals surface area contributed by atoms with Crippen LogP contribution in [0.15, 0.2) is 0 Å². The molecule has 0 aromatic rings. The van der Waals surface area contributed by atoms with Gasteiger partial charge in [-0.2, -0.15) is 0 Å². The van der Waals surface area contributed by atoms with Crippen LogP contribution in [0.5, 0.6) is 0 Å². The fourth-order valence-electron chi connectivity index (χ4n) is 0.202. The number of hydrogen-bond acceptors (Lipinski definition) is 3. The van der Waals surface area contributed by atoms with Crippen molar-refractivity contribution in [1.29, 1.82) is 0 Å². The van der Waals surface area contributed by atoms with Gasteiger partial charge in [0.25, 0.3) is 0 Å². The third-order valence-electron chi connectivity index (χ3n) is 0.617. The molecule has 0 spiro atoms. The minimum Gasteiger partial charge on any atom is -0.467 e. The second-order valence-electron chi connectivity index (χ2n) is 1.17. The summed E-state index contributed by atoms with van der Waals surface area (Å²) < 4.78 is 15.7. The Morgan fingerprint density at radius 3 is 2.62 bits per heavy atom. The number of methoxy groups -OCH3 is 1. The van der Waals surface area contributed by atoms with Crippen LogP contribution in [0.2, 0.25) is 0 Å². The molecule has 0 heterocycles. The molecule has 0 bridgehead atoms. The zero-order chi connectivity index (χ0) is 6.57. The molecule has 0 aliphatic rings. The van der Waals surface area contributed by atoms with E-state index in [1.807, 2.05) is 0 Å². The molecule has 0 aliphatic carbocycles. The average molecular weight is 122 g/mol. The molecule has 0 aromatic heterocycles. The van der Waals surface area contributed by atoms with Crippen LogP contribution in [0, 0.1) is 0 Å². The number of aliphatic hydroxyl groups is 1. The van der Waals surface area contributed by atoms with E-state index >= 15 is 0 Å². The third kappa shape index (κ3) is 1.88. The average Bonchev–Trinajstić information content (AvgIpc) is 1.84. The normalized spacial score (nSPS) is 12.9. The maximum atomic E-state index is 11.8. The first kappa shape index (κ1) is 7.36. The van der Waals surface area contributed by atoms with Gasteiger partial charge in [0.15, 0.2) is 0 Å². The van der Waals surface area contributed by atoms with E-state index in [2.05, 4.69) is 4.74 Å². The molecule has 4 heteroatoms. The molecule has 0 saturated carbocycles. The molecule has 0 saturated heterocycles. The van der Waals surface area contributed by atoms with Gasteiger partial charge in [0.1, 0.15) is 0 Å². The molecule has 0 aliphatic heterocycles. The van der Waals surface area contributed by atoms with Crippen molar-refractivity contribution >= 4 is 5.97 Å². The molecule has 0 unspecified atom stereocenters. The quantitative estimate of drug-likeness (QED) is 0.502. The number of hydrogen-bond donors (Lipinski definition) is 1. The van der Waals surface area contributed by atoms with Crippen LogP contribution in [0.1, 0.15) is 0 Å². The number of halogens is 1. The summed E-state index contributed by atoms with van der Waals surface area (Å²) in [7, 11) is 1.06. The summed E-state index contributed by atoms with van der Waals surface area (Å²) in [6, 6.07) is 0. The molecule has 1 N–H and O–H groups in total. The standard InChI is InChI=1S/C4H7FO3/c1-8-4(7)3(5)2-6/h3,6H,2H2,1H3/t3-/m0/s1. The Balaban J connectivity index is 3.46. The van der Waals surface area contributed by atoms with Gasteiger partial charge in [-0.1, -0.05) is 0 Å². The van der Waals surface area contributed by atoms with Gasteiger partial charge in [-0.15, -0.1) is 0 Å². The smallest absolute Gasteiger partial charge is 0.342 e. The fraction of sp³-hybridized carbons (Fsp3) is 0.750. The van der Waals surface area contributed by atoms with E-state index in [1.165, 1.54) is 0 Å². The number of carbonyl (C=O) groups excluding carboxylic acids is 1. The molecule has 0 aromatic carbocycles. The minimum atomic E-state index is -1.89. The van der Waals surface area contributed by atoms with E-state index in [9.17, 15) is 9.18 Å². The molecular weight excluding hydrogens is 115 g/mol. The van der Waals surface area contributed by atoms with E-state index in [4.69, 9.17) is 5.11 Å². The van der Waals surface area contributed by atoms with Crippen LogP contribution in [-0.2, 0) is 9.53 Å². The minimum absolute atomic E-state index is 0.813. The van der Waals surface area contributed by atoms with Gasteiger partial charge in [0.2, 0.25) is 6.17 Å². The fourth-order valence-corrected chi connectivity index (χ4v) is 0.202. The molecule has 8 heavy (non-hydrogen) atoms. The largest absolute Gasteiger partial charge is 0.467 e. The molecule has 0 fully saturated rings. The Bertz CT molecular complexity index is 83.4. The summed E-state index contributed by atoms with van der Waals surface area (Å²) in [5.41, 5.74) is 0. The first-order valence-electron chi connectivity index (χ1n) is 2.05. The highest BCUT2D eigenvalue weighted by atomic mass is 19.1. The van der Waals surface area contributed by atoms with Crippen molar-refractivity contribution in [2.75, 3.05) is 13.7 Å². The van der Waals surface area contributed by atoms with E-state index < -0.39 is 18.7 Å². The highest BCUT2D eigenvalue weighted by Crippen LogP contribution is 1.89. The van der Waals surface area contributed by atoms with Crippen LogP contribution in [0.4, 0.5) is 4.39 Å². The molecule has 3 nitrogen and oxygen atoms in total. The highest BCUT2D eigenvalue weighted by molar-refractivity contribution is 5.74. The molecule has 0 rings (SSSR count). The van der Waals surface area contributed by atoms with Gasteiger partial charge in [-0.25, -0.2) is 9.18 Å². The van der Waals surface area contributed by atoms with Crippen LogP contribution in [0.3, 0.4) is 0 Å². The summed E-state index contributed by atoms with van der Waals surface area (Å²) in [5.74, 6) is -1.03. The van der Waals surface area contributed by atoms with Gasteiger partial charge in [0.05, 0.1) is 13.7 Å². The summed E-state index contributed by atoms with van der Waals surface area (Å²) >= 11 is 0. The number of rotatable bonds is 2. The van der Waals surface area contributed by atoms with Crippen molar-refractivity contribution in [3.05, 3.63) is 0 Å². The molecule has 0 amide bonds. The van der Waals surface area contributed by atoms with Crippen molar-refractivity contribution in [2.45, 2.75) is 6.17 Å². The lowest BCUT2D eigenvalue weighted by Gasteiger charge is -1.98. The Morgan fingerprint density at radius 1 is 2.00 bits per heavy atom. The first-order valence-corrected chi connectivity index (χ1v) is 2.05. The van der Waals surface area contributed by atoms with Crippen molar-refractivity contribution in [1.82, 2.24) is 0 Å². The first-order chi connectivity index (χ1) is 3.72. The monoisotopic (exact) mass is 122 g/mol. The molecular formula is C4H7FO3. The van der Waals surface area contributed by atoms with Gasteiger partial charge in [-0.3, -0.25) is 0 Å². The van der Waals surface area contributed by atoms with Crippen LogP contribution in [0.25, 0.3) is 0 Å². The van der Waals surface area contributed by atoms with Crippen molar-refractivity contribution < 1.29 is 19.0 Å². The maximum absolute atomic E-state index is 11.8. The molecule has 48 valence electrons. The maximum Gasteiger partial charge on any atom is 0.342 e. The number of alkyl halides is 1. The Kier molecular flexibility index (Phi) is 3.10. The molecule has 1 atom stereocenters. The van der Waals surface area contributed by atoms with Crippen LogP contribution in [-0.4, -0.2) is 31.0 Å². The number of esters is 1. The van der Waals surface area contributed by atoms with Gasteiger partial charge in [-0.05, 0) is 0 Å². The van der Waals surface area contributed by atoms with Gasteiger partial charge >= 0.3 is 5.97 Å². The van der Waals surface area contributed by atoms with Crippen molar-refractivity contribution in [3.8, 4) is 0 Å². The summed E-state index contributed by atoms with van der Waals surface area (Å²) in [6.07, 6.45) is -1.89. The third-order valence-corrected chi connectivity index (χ3v) is 0.617. The van der Waals surface area contributed by atoms with E-state index in [-0.39, 0.29) is 0 Å². The zero-order valence-corrected chi connectivity index (χ0v) is 4.43. The summed E-state index contributed by atoms with van der Waals surface area (Å²) in [5, 5.41) is 7.96. The second-order valence-corrected chi connectivity index (χ2v) is 1.17. The molecule has 0 radical (unpaired) electrons. The lowest BCUT2D eigenvalue weighted by molar-refractivity contribution is -0.147. The summed E-state index contributed by atoms with van der Waals surface area (Å²) in [4.78, 5) is 9.99. The van der Waals surface area contributed by atoms with Gasteiger partial charge in [0, 0.05) is 0 Å². The van der Waals surface area contributed by atoms with E-state index in [0.717, 1.165) is 7.11 Å². The van der Waals surface area contributed by atoms with Crippen LogP contribution < -0.4 is 0 Å². The second kappa shape index (κ2) is 3.37. The lowest BCUT2D eigenvalue weighted by atomic mass is 10.4. The topological polar surface area (TPSA) is 46.5 Å².